The molecule has 0 aliphatic heterocycles. The number of rotatable bonds is 6. The third kappa shape index (κ3) is 4.09. The van der Waals surface area contributed by atoms with E-state index in [0.717, 1.165) is 6.54 Å². The van der Waals surface area contributed by atoms with Gasteiger partial charge in [0.25, 0.3) is 5.56 Å². The van der Waals surface area contributed by atoms with Gasteiger partial charge in [0.1, 0.15) is 0 Å². The summed E-state index contributed by atoms with van der Waals surface area (Å²) in [5, 5.41) is 8.73. The highest BCUT2D eigenvalue weighted by molar-refractivity contribution is 5.36. The van der Waals surface area contributed by atoms with Gasteiger partial charge < -0.3 is 9.47 Å². The molecule has 0 aliphatic carbocycles. The summed E-state index contributed by atoms with van der Waals surface area (Å²) in [7, 11) is 0. The smallest absolute Gasteiger partial charge is 0.293 e. The highest BCUT2D eigenvalue weighted by atomic mass is 16.1. The fourth-order valence-corrected chi connectivity index (χ4v) is 1.95. The van der Waals surface area contributed by atoms with E-state index in [4.69, 9.17) is 5.26 Å². The number of anilines is 1. The largest absolute Gasteiger partial charge is 0.351 e. The van der Waals surface area contributed by atoms with E-state index in [1.165, 1.54) is 0 Å². The van der Waals surface area contributed by atoms with Crippen LogP contribution >= 0.6 is 0 Å². The molecule has 0 radical (unpaired) electrons. The van der Waals surface area contributed by atoms with Crippen LogP contribution in [-0.4, -0.2) is 22.6 Å². The quantitative estimate of drug-likeness (QED) is 0.788. The topological polar surface area (TPSA) is 61.9 Å². The minimum Gasteiger partial charge on any atom is -0.351 e. The maximum absolute atomic E-state index is 12.4. The zero-order chi connectivity index (χ0) is 14.4. The van der Waals surface area contributed by atoms with E-state index in [1.807, 2.05) is 18.7 Å². The second-order valence-electron chi connectivity index (χ2n) is 5.30. The summed E-state index contributed by atoms with van der Waals surface area (Å²) >= 11 is 0. The Labute approximate surface area is 114 Å². The van der Waals surface area contributed by atoms with Crippen molar-refractivity contribution in [1.29, 1.82) is 5.26 Å². The highest BCUT2D eigenvalue weighted by Gasteiger charge is 2.15. The van der Waals surface area contributed by atoms with Gasteiger partial charge in [0.15, 0.2) is 5.82 Å². The van der Waals surface area contributed by atoms with Crippen molar-refractivity contribution >= 4 is 5.82 Å². The third-order valence-electron chi connectivity index (χ3n) is 2.78. The molecule has 1 rings (SSSR count). The second-order valence-corrected chi connectivity index (χ2v) is 5.30. The predicted molar refractivity (Wildman–Crippen MR) is 76.2 cm³/mol. The normalized spacial score (nSPS) is 10.8. The van der Waals surface area contributed by atoms with E-state index >= 15 is 0 Å². The van der Waals surface area contributed by atoms with Crippen molar-refractivity contribution in [3.8, 4) is 6.07 Å². The van der Waals surface area contributed by atoms with E-state index in [-0.39, 0.29) is 11.6 Å². The van der Waals surface area contributed by atoms with Gasteiger partial charge in [-0.25, -0.2) is 4.98 Å². The third-order valence-corrected chi connectivity index (χ3v) is 2.78. The first-order valence-corrected chi connectivity index (χ1v) is 6.66. The number of hydrogen-bond acceptors (Lipinski definition) is 4. The molecule has 0 bridgehead atoms. The maximum Gasteiger partial charge on any atom is 0.293 e. The SMILES string of the molecule is CC(C)CN(CCC#N)c1nccn(C(C)C)c1=O. The Hall–Kier alpha value is -1.83. The molecule has 5 heteroatoms. The summed E-state index contributed by atoms with van der Waals surface area (Å²) in [6.07, 6.45) is 3.75. The summed E-state index contributed by atoms with van der Waals surface area (Å²) in [6, 6.07) is 2.22. The van der Waals surface area contributed by atoms with Crippen LogP contribution < -0.4 is 10.5 Å². The zero-order valence-corrected chi connectivity index (χ0v) is 12.1. The van der Waals surface area contributed by atoms with Gasteiger partial charge >= 0.3 is 0 Å². The Bertz CT molecular complexity index is 499. The first kappa shape index (κ1) is 15.2. The summed E-state index contributed by atoms with van der Waals surface area (Å²) in [5.74, 6) is 0.854. The van der Waals surface area contributed by atoms with Crippen molar-refractivity contribution in [2.75, 3.05) is 18.0 Å². The molecular formula is C14H22N4O. The van der Waals surface area contributed by atoms with Gasteiger partial charge in [0.05, 0.1) is 12.5 Å². The standard InChI is InChI=1S/C14H22N4O/c1-11(2)10-17(8-5-6-15)13-14(19)18(12(3)4)9-7-16-13/h7,9,11-12H,5,8,10H2,1-4H3. The lowest BCUT2D eigenvalue weighted by Crippen LogP contribution is -2.36. The molecule has 0 atom stereocenters. The number of aromatic nitrogens is 2. The van der Waals surface area contributed by atoms with Crippen LogP contribution in [0.2, 0.25) is 0 Å². The fourth-order valence-electron chi connectivity index (χ4n) is 1.95. The lowest BCUT2D eigenvalue weighted by atomic mass is 10.2. The summed E-state index contributed by atoms with van der Waals surface area (Å²) in [5.41, 5.74) is -0.0870. The van der Waals surface area contributed by atoms with Crippen LogP contribution in [0.25, 0.3) is 0 Å². The van der Waals surface area contributed by atoms with Crippen molar-refractivity contribution < 1.29 is 0 Å². The molecule has 0 saturated heterocycles. The lowest BCUT2D eigenvalue weighted by Gasteiger charge is -2.24. The van der Waals surface area contributed by atoms with Gasteiger partial charge in [-0.3, -0.25) is 4.79 Å². The molecule has 1 heterocycles. The summed E-state index contributed by atoms with van der Waals surface area (Å²) in [6.45, 7) is 9.37. The van der Waals surface area contributed by atoms with Crippen molar-refractivity contribution in [3.63, 3.8) is 0 Å². The Morgan fingerprint density at radius 3 is 2.63 bits per heavy atom. The Kier molecular flexibility index (Phi) is 5.56. The van der Waals surface area contributed by atoms with Crippen LogP contribution in [0.15, 0.2) is 17.2 Å². The molecule has 1 aromatic heterocycles. The van der Waals surface area contributed by atoms with Crippen molar-refractivity contribution in [2.24, 2.45) is 5.92 Å². The predicted octanol–water partition coefficient (Wildman–Crippen LogP) is 2.20. The van der Waals surface area contributed by atoms with Crippen LogP contribution in [0.5, 0.6) is 0 Å². The van der Waals surface area contributed by atoms with E-state index in [1.54, 1.807) is 17.0 Å². The Morgan fingerprint density at radius 1 is 1.42 bits per heavy atom. The van der Waals surface area contributed by atoms with E-state index in [0.29, 0.717) is 24.7 Å². The molecule has 0 fully saturated rings. The molecule has 1 aromatic rings. The first-order valence-electron chi connectivity index (χ1n) is 6.66. The van der Waals surface area contributed by atoms with Crippen LogP contribution in [0.3, 0.4) is 0 Å². The van der Waals surface area contributed by atoms with Crippen LogP contribution in [0, 0.1) is 17.2 Å². The number of hydrogen-bond donors (Lipinski definition) is 0. The minimum atomic E-state index is -0.0870. The average molecular weight is 262 g/mol. The van der Waals surface area contributed by atoms with E-state index in [2.05, 4.69) is 24.9 Å². The molecular weight excluding hydrogens is 240 g/mol. The molecule has 5 nitrogen and oxygen atoms in total. The Balaban J connectivity index is 3.11. The first-order chi connectivity index (χ1) is 8.97. The van der Waals surface area contributed by atoms with Gasteiger partial charge in [-0.2, -0.15) is 5.26 Å². The van der Waals surface area contributed by atoms with Crippen LogP contribution in [0.4, 0.5) is 5.82 Å². The van der Waals surface area contributed by atoms with Crippen molar-refractivity contribution in [1.82, 2.24) is 9.55 Å². The molecule has 104 valence electrons. The molecule has 0 aromatic carbocycles. The monoisotopic (exact) mass is 262 g/mol. The van der Waals surface area contributed by atoms with Crippen molar-refractivity contribution in [3.05, 3.63) is 22.7 Å². The molecule has 19 heavy (non-hydrogen) atoms. The molecule has 0 aliphatic rings. The molecule has 0 saturated carbocycles. The maximum atomic E-state index is 12.4. The van der Waals surface area contributed by atoms with Crippen molar-refractivity contribution in [2.45, 2.75) is 40.2 Å². The van der Waals surface area contributed by atoms with Crippen LogP contribution in [-0.2, 0) is 0 Å². The minimum absolute atomic E-state index is 0.0870. The van der Waals surface area contributed by atoms with Gasteiger partial charge in [0.2, 0.25) is 0 Å². The summed E-state index contributed by atoms with van der Waals surface area (Å²) in [4.78, 5) is 18.5. The number of nitrogens with zero attached hydrogens (tertiary/aromatic N) is 4. The average Bonchev–Trinajstić information content (AvgIpc) is 2.34. The molecule has 0 amide bonds. The van der Waals surface area contributed by atoms with Crippen LogP contribution in [0.1, 0.15) is 40.2 Å². The molecule has 0 N–H and O–H groups in total. The van der Waals surface area contributed by atoms with Gasteiger partial charge in [-0.05, 0) is 19.8 Å². The van der Waals surface area contributed by atoms with E-state index < -0.39 is 0 Å². The molecule has 0 spiro atoms. The highest BCUT2D eigenvalue weighted by Crippen LogP contribution is 2.10. The zero-order valence-electron chi connectivity index (χ0n) is 12.1. The molecule has 0 unspecified atom stereocenters. The van der Waals surface area contributed by atoms with Gasteiger partial charge in [-0.1, -0.05) is 13.8 Å². The lowest BCUT2D eigenvalue weighted by molar-refractivity contribution is 0.561. The van der Waals surface area contributed by atoms with E-state index in [9.17, 15) is 4.79 Å². The number of nitriles is 1. The summed E-state index contributed by atoms with van der Waals surface area (Å²) < 4.78 is 1.67. The van der Waals surface area contributed by atoms with Gasteiger partial charge in [-0.15, -0.1) is 0 Å². The van der Waals surface area contributed by atoms with Gasteiger partial charge in [0, 0.05) is 31.5 Å². The fraction of sp³-hybridized carbons (Fsp3) is 0.643. The Morgan fingerprint density at radius 2 is 2.11 bits per heavy atom. The second kappa shape index (κ2) is 6.93.